The molecule has 12 heteroatoms. The van der Waals surface area contributed by atoms with Crippen LogP contribution in [0.25, 0.3) is 0 Å². The smallest absolute Gasteiger partial charge is 0.273 e. The van der Waals surface area contributed by atoms with E-state index in [0.717, 1.165) is 29.8 Å². The van der Waals surface area contributed by atoms with Gasteiger partial charge in [0.25, 0.3) is 5.91 Å². The van der Waals surface area contributed by atoms with Crippen LogP contribution in [-0.4, -0.2) is 51.8 Å². The van der Waals surface area contributed by atoms with E-state index >= 15 is 0 Å². The zero-order valence-electron chi connectivity index (χ0n) is 19.3. The van der Waals surface area contributed by atoms with E-state index in [2.05, 4.69) is 41.2 Å². The second-order valence-electron chi connectivity index (χ2n) is 7.98. The van der Waals surface area contributed by atoms with Crippen LogP contribution >= 0.6 is 0 Å². The summed E-state index contributed by atoms with van der Waals surface area (Å²) < 4.78 is 3.32. The molecule has 0 bridgehead atoms. The van der Waals surface area contributed by atoms with Crippen LogP contribution in [0.1, 0.15) is 40.3 Å². The first-order valence-corrected chi connectivity index (χ1v) is 11.2. The topological polar surface area (TPSA) is 145 Å². The molecule has 4 aromatic heterocycles. The van der Waals surface area contributed by atoms with Crippen LogP contribution in [0.5, 0.6) is 0 Å². The number of nitrogens with zero attached hydrogens (tertiary/aromatic N) is 8. The van der Waals surface area contributed by atoms with E-state index in [4.69, 9.17) is 0 Å². The number of amides is 2. The number of carbonyl (C=O) groups excluding carboxylic acids is 2. The molecule has 2 amide bonds. The van der Waals surface area contributed by atoms with Crippen LogP contribution in [0.15, 0.2) is 55.1 Å². The summed E-state index contributed by atoms with van der Waals surface area (Å²) in [6, 6.07) is 9.28. The molecule has 0 unspecified atom stereocenters. The van der Waals surface area contributed by atoms with Crippen molar-refractivity contribution in [2.24, 2.45) is 0 Å². The third-order valence-corrected chi connectivity index (χ3v) is 5.10. The van der Waals surface area contributed by atoms with Crippen molar-refractivity contribution in [2.45, 2.75) is 45.8 Å². The zero-order chi connectivity index (χ0) is 24.5. The monoisotopic (exact) mass is 474 g/mol. The highest BCUT2D eigenvalue weighted by Gasteiger charge is 2.11. The van der Waals surface area contributed by atoms with Crippen molar-refractivity contribution in [3.8, 4) is 0 Å². The van der Waals surface area contributed by atoms with Crippen LogP contribution in [0.2, 0.25) is 0 Å². The molecule has 4 heterocycles. The maximum absolute atomic E-state index is 12.2. The molecule has 35 heavy (non-hydrogen) atoms. The zero-order valence-corrected chi connectivity index (χ0v) is 19.3. The van der Waals surface area contributed by atoms with Gasteiger partial charge >= 0.3 is 0 Å². The third-order valence-electron chi connectivity index (χ3n) is 5.10. The van der Waals surface area contributed by atoms with E-state index in [-0.39, 0.29) is 23.9 Å². The first-order chi connectivity index (χ1) is 17.0. The molecule has 0 spiro atoms. The Hall–Kier alpha value is -4.48. The van der Waals surface area contributed by atoms with Gasteiger partial charge in [-0.2, -0.15) is 0 Å². The first kappa shape index (κ1) is 23.7. The fourth-order valence-corrected chi connectivity index (χ4v) is 3.26. The van der Waals surface area contributed by atoms with Gasteiger partial charge in [-0.3, -0.25) is 28.9 Å². The number of pyridine rings is 2. The fraction of sp³-hybridized carbons (Fsp3) is 0.304. The number of aromatic nitrogens is 8. The van der Waals surface area contributed by atoms with Crippen molar-refractivity contribution in [3.63, 3.8) is 0 Å². The summed E-state index contributed by atoms with van der Waals surface area (Å²) in [6.07, 6.45) is 8.54. The average Bonchev–Trinajstić information content (AvgIpc) is 3.52. The summed E-state index contributed by atoms with van der Waals surface area (Å²) in [7, 11) is 0. The minimum atomic E-state index is -0.294. The van der Waals surface area contributed by atoms with Crippen LogP contribution in [0, 0.1) is 6.92 Å². The Morgan fingerprint density at radius 1 is 0.943 bits per heavy atom. The van der Waals surface area contributed by atoms with Crippen molar-refractivity contribution < 1.29 is 9.59 Å². The van der Waals surface area contributed by atoms with Gasteiger partial charge in [0.05, 0.1) is 31.1 Å². The van der Waals surface area contributed by atoms with Crippen LogP contribution in [-0.2, 0) is 30.8 Å². The highest BCUT2D eigenvalue weighted by molar-refractivity contribution is 5.92. The Morgan fingerprint density at radius 3 is 2.49 bits per heavy atom. The molecule has 0 aliphatic rings. The Balaban J connectivity index is 1.15. The number of hydrogen-bond acceptors (Lipinski definition) is 8. The summed E-state index contributed by atoms with van der Waals surface area (Å²) >= 11 is 0. The van der Waals surface area contributed by atoms with E-state index in [1.54, 1.807) is 34.2 Å². The maximum atomic E-state index is 12.2. The van der Waals surface area contributed by atoms with E-state index < -0.39 is 0 Å². The summed E-state index contributed by atoms with van der Waals surface area (Å²) in [5.41, 5.74) is 2.78. The van der Waals surface area contributed by atoms with Gasteiger partial charge in [-0.15, -0.1) is 10.2 Å². The predicted molar refractivity (Wildman–Crippen MR) is 126 cm³/mol. The van der Waals surface area contributed by atoms with E-state index in [1.807, 2.05) is 37.3 Å². The Labute approximate surface area is 201 Å². The highest BCUT2D eigenvalue weighted by Crippen LogP contribution is 2.06. The Morgan fingerprint density at radius 2 is 1.74 bits per heavy atom. The summed E-state index contributed by atoms with van der Waals surface area (Å²) in [5, 5.41) is 21.5. The number of anilines is 1. The quantitative estimate of drug-likeness (QED) is 0.312. The molecule has 4 rings (SSSR count). The summed E-state index contributed by atoms with van der Waals surface area (Å²) in [5.74, 6) is -0.0563. The largest absolute Gasteiger partial charge is 0.345 e. The molecule has 0 aliphatic heterocycles. The molecule has 0 saturated heterocycles. The third kappa shape index (κ3) is 7.25. The van der Waals surface area contributed by atoms with E-state index in [1.165, 1.54) is 0 Å². The van der Waals surface area contributed by atoms with Gasteiger partial charge < -0.3 is 10.6 Å². The molecular weight excluding hydrogens is 448 g/mol. The number of unbranched alkanes of at least 4 members (excludes halogenated alkanes) is 1. The summed E-state index contributed by atoms with van der Waals surface area (Å²) in [4.78, 5) is 32.8. The molecule has 180 valence electrons. The molecule has 0 atom stereocenters. The van der Waals surface area contributed by atoms with Crippen LogP contribution < -0.4 is 10.6 Å². The van der Waals surface area contributed by atoms with E-state index in [9.17, 15) is 9.59 Å². The summed E-state index contributed by atoms with van der Waals surface area (Å²) in [6.45, 7) is 3.48. The normalized spacial score (nSPS) is 10.8. The van der Waals surface area contributed by atoms with Crippen molar-refractivity contribution in [1.82, 2.24) is 45.3 Å². The molecule has 0 fully saturated rings. The van der Waals surface area contributed by atoms with Crippen LogP contribution in [0.3, 0.4) is 0 Å². The van der Waals surface area contributed by atoms with Gasteiger partial charge in [0.2, 0.25) is 5.91 Å². The molecule has 2 N–H and O–H groups in total. The molecule has 0 saturated carbocycles. The number of carbonyl (C=O) groups is 2. The Bertz CT molecular complexity index is 1250. The fourth-order valence-electron chi connectivity index (χ4n) is 3.26. The molecule has 0 aliphatic carbocycles. The van der Waals surface area contributed by atoms with Crippen molar-refractivity contribution in [1.29, 1.82) is 0 Å². The standard InChI is InChI=1S/C23H26N10O2/c1-17-7-8-18(13-25-17)12-22(34)27-21-16-33(31-29-21)11-5-4-10-32-15-20(28-30-32)23(35)26-14-19-6-2-3-9-24-19/h2-3,6-9,13,15-16H,4-5,10-12,14H2,1H3,(H,26,35)(H,27,34). The van der Waals surface area contributed by atoms with Crippen LogP contribution in [0.4, 0.5) is 5.82 Å². The van der Waals surface area contributed by atoms with Crippen molar-refractivity contribution >= 4 is 17.6 Å². The van der Waals surface area contributed by atoms with Gasteiger partial charge in [0.1, 0.15) is 0 Å². The second-order valence-corrected chi connectivity index (χ2v) is 7.98. The SMILES string of the molecule is Cc1ccc(CC(=O)Nc2cn(CCCCn3cc(C(=O)NCc4ccccn4)nn3)nn2)cn1. The van der Waals surface area contributed by atoms with Gasteiger partial charge in [-0.25, -0.2) is 0 Å². The molecule has 0 radical (unpaired) electrons. The van der Waals surface area contributed by atoms with Gasteiger partial charge in [0.15, 0.2) is 11.5 Å². The molecule has 0 aromatic carbocycles. The molecule has 4 aromatic rings. The Kier molecular flexibility index (Phi) is 7.84. The lowest BCUT2D eigenvalue weighted by molar-refractivity contribution is -0.115. The second kappa shape index (κ2) is 11.6. The molecular formula is C23H26N10O2. The lowest BCUT2D eigenvalue weighted by atomic mass is 10.2. The number of aryl methyl sites for hydroxylation is 3. The number of hydrogen-bond donors (Lipinski definition) is 2. The molecule has 12 nitrogen and oxygen atoms in total. The van der Waals surface area contributed by atoms with Gasteiger partial charge in [0, 0.05) is 31.2 Å². The predicted octanol–water partition coefficient (Wildman–Crippen LogP) is 1.56. The van der Waals surface area contributed by atoms with E-state index in [0.29, 0.717) is 25.5 Å². The maximum Gasteiger partial charge on any atom is 0.273 e. The lowest BCUT2D eigenvalue weighted by Crippen LogP contribution is -2.23. The van der Waals surface area contributed by atoms with Crippen molar-refractivity contribution in [2.75, 3.05) is 5.32 Å². The van der Waals surface area contributed by atoms with Gasteiger partial charge in [-0.1, -0.05) is 22.6 Å². The number of nitrogens with one attached hydrogen (secondary N) is 2. The first-order valence-electron chi connectivity index (χ1n) is 11.2. The lowest BCUT2D eigenvalue weighted by Gasteiger charge is -2.02. The van der Waals surface area contributed by atoms with Crippen molar-refractivity contribution in [3.05, 3.63) is 77.8 Å². The van der Waals surface area contributed by atoms with Gasteiger partial charge in [-0.05, 0) is 43.5 Å². The average molecular weight is 475 g/mol. The minimum Gasteiger partial charge on any atom is -0.345 e. The minimum absolute atomic E-state index is 0.172. The highest BCUT2D eigenvalue weighted by atomic mass is 16.2. The number of rotatable bonds is 11.